The monoisotopic (exact) mass is 457 g/mol. The minimum absolute atomic E-state index is 0. The Balaban J connectivity index is 0.00000196. The van der Waals surface area contributed by atoms with E-state index >= 15 is 0 Å². The first-order valence-corrected chi connectivity index (χ1v) is 7.91. The van der Waals surface area contributed by atoms with Gasteiger partial charge in [-0.2, -0.15) is 0 Å². The molecule has 120 valence electrons. The summed E-state index contributed by atoms with van der Waals surface area (Å²) in [6.07, 6.45) is 5.23. The fraction of sp³-hybridized carbons (Fsp3) is 0. The van der Waals surface area contributed by atoms with Gasteiger partial charge in [0.15, 0.2) is 0 Å². The smallest absolute Gasteiger partial charge is 0.872 e. The zero-order valence-corrected chi connectivity index (χ0v) is 20.6. The van der Waals surface area contributed by atoms with Crippen LogP contribution in [0, 0.1) is 0 Å². The van der Waals surface area contributed by atoms with Gasteiger partial charge in [-0.25, -0.2) is 0 Å². The quantitative estimate of drug-likeness (QED) is 0.460. The van der Waals surface area contributed by atoms with Crippen LogP contribution in [-0.4, -0.2) is 15.0 Å². The molecule has 0 aliphatic rings. The first kappa shape index (κ1) is 19.3. The molecule has 1 aromatic carbocycles. The SMILES string of the molecule is [Cs+].[O-]c1ccc(-c2ccc(-c3ccccn3)nc2)cc1-c1ccccn1. The molecule has 0 saturated carbocycles. The van der Waals surface area contributed by atoms with Gasteiger partial charge in [-0.1, -0.05) is 36.1 Å². The van der Waals surface area contributed by atoms with Crippen molar-refractivity contribution in [3.8, 4) is 39.5 Å². The van der Waals surface area contributed by atoms with E-state index in [-0.39, 0.29) is 74.6 Å². The van der Waals surface area contributed by atoms with Gasteiger partial charge in [0, 0.05) is 24.2 Å². The molecule has 0 spiro atoms. The molecule has 0 bridgehead atoms. The van der Waals surface area contributed by atoms with Crippen molar-refractivity contribution in [1.29, 1.82) is 0 Å². The minimum atomic E-state index is -0.0412. The Morgan fingerprint density at radius 1 is 0.615 bits per heavy atom. The molecule has 0 saturated heterocycles. The Hall–Kier alpha value is -1.48. The maximum atomic E-state index is 12.2. The van der Waals surface area contributed by atoms with Gasteiger partial charge in [-0.15, -0.1) is 0 Å². The second-order valence-electron chi connectivity index (χ2n) is 5.57. The van der Waals surface area contributed by atoms with Gasteiger partial charge >= 0.3 is 68.9 Å². The van der Waals surface area contributed by atoms with Crippen LogP contribution in [0.1, 0.15) is 0 Å². The van der Waals surface area contributed by atoms with Crippen LogP contribution in [0.3, 0.4) is 0 Å². The largest absolute Gasteiger partial charge is 1.00 e. The summed E-state index contributed by atoms with van der Waals surface area (Å²) in [5, 5.41) is 12.2. The molecule has 4 rings (SSSR count). The van der Waals surface area contributed by atoms with E-state index in [1.165, 1.54) is 0 Å². The Morgan fingerprint density at radius 3 is 1.88 bits per heavy atom. The first-order valence-electron chi connectivity index (χ1n) is 7.91. The van der Waals surface area contributed by atoms with E-state index in [2.05, 4.69) is 15.0 Å². The molecule has 0 aliphatic heterocycles. The number of aromatic nitrogens is 3. The van der Waals surface area contributed by atoms with Crippen LogP contribution >= 0.6 is 0 Å². The topological polar surface area (TPSA) is 61.7 Å². The van der Waals surface area contributed by atoms with Gasteiger partial charge in [0.1, 0.15) is 0 Å². The molecule has 0 aliphatic carbocycles. The van der Waals surface area contributed by atoms with E-state index < -0.39 is 0 Å². The number of benzene rings is 1. The van der Waals surface area contributed by atoms with Crippen LogP contribution in [0.15, 0.2) is 85.3 Å². The average Bonchev–Trinajstić information content (AvgIpc) is 2.70. The molecule has 4 nitrogen and oxygen atoms in total. The maximum Gasteiger partial charge on any atom is 1.00 e. The van der Waals surface area contributed by atoms with Gasteiger partial charge in [-0.05, 0) is 47.5 Å². The molecule has 0 atom stereocenters. The van der Waals surface area contributed by atoms with E-state index in [1.54, 1.807) is 24.7 Å². The summed E-state index contributed by atoms with van der Waals surface area (Å²) < 4.78 is 0. The summed E-state index contributed by atoms with van der Waals surface area (Å²) in [5.74, 6) is -0.0412. The van der Waals surface area contributed by atoms with Crippen molar-refractivity contribution < 1.29 is 74.0 Å². The third-order valence-corrected chi connectivity index (χ3v) is 3.94. The minimum Gasteiger partial charge on any atom is -0.872 e. The van der Waals surface area contributed by atoms with Crippen molar-refractivity contribution in [1.82, 2.24) is 15.0 Å². The van der Waals surface area contributed by atoms with Crippen molar-refractivity contribution in [2.24, 2.45) is 0 Å². The molecule has 0 amide bonds. The fourth-order valence-corrected chi connectivity index (χ4v) is 2.66. The Bertz CT molecular complexity index is 991. The molecule has 0 N–H and O–H groups in total. The summed E-state index contributed by atoms with van der Waals surface area (Å²) in [7, 11) is 0. The number of nitrogens with zero attached hydrogens (tertiary/aromatic N) is 3. The summed E-state index contributed by atoms with van der Waals surface area (Å²) in [4.78, 5) is 13.1. The third-order valence-electron chi connectivity index (χ3n) is 3.94. The van der Waals surface area contributed by atoms with E-state index in [4.69, 9.17) is 0 Å². The van der Waals surface area contributed by atoms with E-state index in [9.17, 15) is 5.11 Å². The number of pyridine rings is 3. The van der Waals surface area contributed by atoms with Crippen molar-refractivity contribution >= 4 is 0 Å². The van der Waals surface area contributed by atoms with Crippen LogP contribution in [0.4, 0.5) is 0 Å². The normalized spacial score (nSPS) is 10.2. The van der Waals surface area contributed by atoms with Crippen LogP contribution in [0.2, 0.25) is 0 Å². The molecule has 0 radical (unpaired) electrons. The predicted octanol–water partition coefficient (Wildman–Crippen LogP) is 0.950. The second-order valence-corrected chi connectivity index (χ2v) is 5.57. The second kappa shape index (κ2) is 8.94. The molecule has 0 unspecified atom stereocenters. The molecule has 4 aromatic rings. The predicted molar refractivity (Wildman–Crippen MR) is 95.6 cm³/mol. The van der Waals surface area contributed by atoms with Crippen LogP contribution in [0.25, 0.3) is 33.8 Å². The molecule has 3 heterocycles. The molecule has 26 heavy (non-hydrogen) atoms. The van der Waals surface area contributed by atoms with E-state index in [1.807, 2.05) is 60.7 Å². The summed E-state index contributed by atoms with van der Waals surface area (Å²) in [6.45, 7) is 0. The van der Waals surface area contributed by atoms with Gasteiger partial charge < -0.3 is 5.11 Å². The number of rotatable bonds is 3. The molecular weight excluding hydrogens is 443 g/mol. The number of hydrogen-bond donors (Lipinski definition) is 0. The van der Waals surface area contributed by atoms with Crippen molar-refractivity contribution in [3.63, 3.8) is 0 Å². The fourth-order valence-electron chi connectivity index (χ4n) is 2.66. The van der Waals surface area contributed by atoms with Crippen LogP contribution < -0.4 is 74.0 Å². The Labute approximate surface area is 210 Å². The molecule has 0 fully saturated rings. The van der Waals surface area contributed by atoms with Crippen molar-refractivity contribution in [3.05, 3.63) is 85.3 Å². The first-order chi connectivity index (χ1) is 12.3. The Kier molecular flexibility index (Phi) is 6.64. The summed E-state index contributed by atoms with van der Waals surface area (Å²) in [5.41, 5.74) is 4.78. The van der Waals surface area contributed by atoms with E-state index in [0.29, 0.717) is 11.3 Å². The van der Waals surface area contributed by atoms with Crippen molar-refractivity contribution in [2.45, 2.75) is 0 Å². The van der Waals surface area contributed by atoms with Gasteiger partial charge in [0.2, 0.25) is 0 Å². The average molecular weight is 457 g/mol. The number of hydrogen-bond acceptors (Lipinski definition) is 4. The van der Waals surface area contributed by atoms with Gasteiger partial charge in [0.05, 0.1) is 17.1 Å². The maximum absolute atomic E-state index is 12.2. The molecular formula is C21H14CsN3O. The van der Waals surface area contributed by atoms with Crippen LogP contribution in [-0.2, 0) is 0 Å². The standard InChI is InChI=1S/C21H15N3O.Cs/c25-21-10-8-15(13-17(21)18-5-1-3-11-22-18)16-7-9-20(24-14-16)19-6-2-4-12-23-19;/h1-14,25H;/q;+1/p-1. The third kappa shape index (κ3) is 4.25. The summed E-state index contributed by atoms with van der Waals surface area (Å²) >= 11 is 0. The van der Waals surface area contributed by atoms with Gasteiger partial charge in [-0.3, -0.25) is 15.0 Å². The van der Waals surface area contributed by atoms with Gasteiger partial charge in [0.25, 0.3) is 0 Å². The van der Waals surface area contributed by atoms with Crippen molar-refractivity contribution in [2.75, 3.05) is 0 Å². The Morgan fingerprint density at radius 2 is 1.27 bits per heavy atom. The molecule has 3 aromatic heterocycles. The van der Waals surface area contributed by atoms with E-state index in [0.717, 1.165) is 22.5 Å². The molecule has 5 heteroatoms. The zero-order chi connectivity index (χ0) is 17.1. The summed E-state index contributed by atoms with van der Waals surface area (Å²) in [6, 6.07) is 20.4. The zero-order valence-electron chi connectivity index (χ0n) is 14.3. The van der Waals surface area contributed by atoms with Crippen LogP contribution in [0.5, 0.6) is 5.75 Å².